The number of aromatic nitrogens is 3. The predicted octanol–water partition coefficient (Wildman–Crippen LogP) is 3.28. The number of thioether (sulfide) groups is 1. The summed E-state index contributed by atoms with van der Waals surface area (Å²) in [5.41, 5.74) is 1.03. The fourth-order valence-corrected chi connectivity index (χ4v) is 3.67. The molecule has 0 saturated heterocycles. The Morgan fingerprint density at radius 1 is 1.08 bits per heavy atom. The van der Waals surface area contributed by atoms with Crippen molar-refractivity contribution in [3.8, 4) is 5.75 Å². The van der Waals surface area contributed by atoms with Crippen LogP contribution in [-0.4, -0.2) is 26.5 Å². The first-order valence-corrected chi connectivity index (χ1v) is 9.38. The fraction of sp³-hybridized carbons (Fsp3) is 0.167. The summed E-state index contributed by atoms with van der Waals surface area (Å²) in [6, 6.07) is 17.1. The van der Waals surface area contributed by atoms with E-state index in [4.69, 9.17) is 16.3 Å². The van der Waals surface area contributed by atoms with Crippen molar-refractivity contribution in [1.29, 1.82) is 0 Å². The third-order valence-electron chi connectivity index (χ3n) is 3.90. The molecule has 0 fully saturated rings. The van der Waals surface area contributed by atoms with Crippen LogP contribution in [0.1, 0.15) is 11.4 Å². The molecule has 0 unspecified atom stereocenters. The van der Waals surface area contributed by atoms with Gasteiger partial charge < -0.3 is 4.74 Å². The first-order chi connectivity index (χ1) is 12.7. The third kappa shape index (κ3) is 3.40. The van der Waals surface area contributed by atoms with Crippen LogP contribution < -0.4 is 9.75 Å². The Hall–Kier alpha value is -2.51. The van der Waals surface area contributed by atoms with Gasteiger partial charge in [0.2, 0.25) is 5.16 Å². The van der Waals surface area contributed by atoms with Crippen LogP contribution in [0.15, 0.2) is 59.8 Å². The molecule has 0 bridgehead atoms. The summed E-state index contributed by atoms with van der Waals surface area (Å²) in [5, 5.41) is 11.2. The second kappa shape index (κ2) is 7.39. The van der Waals surface area contributed by atoms with Gasteiger partial charge in [0.15, 0.2) is 5.82 Å². The van der Waals surface area contributed by atoms with Crippen molar-refractivity contribution >= 4 is 29.3 Å². The normalized spacial score (nSPS) is 13.6. The van der Waals surface area contributed by atoms with Gasteiger partial charge >= 0.3 is 0 Å². The van der Waals surface area contributed by atoms with Crippen molar-refractivity contribution in [2.24, 2.45) is 0 Å². The molecule has 3 aromatic rings. The average molecular weight is 387 g/mol. The van der Waals surface area contributed by atoms with E-state index in [0.717, 1.165) is 5.56 Å². The highest BCUT2D eigenvalue weighted by Gasteiger charge is 2.29. The quantitative estimate of drug-likeness (QED) is 0.673. The molecule has 0 saturated carbocycles. The van der Waals surface area contributed by atoms with Crippen molar-refractivity contribution in [1.82, 2.24) is 14.9 Å². The number of rotatable bonds is 5. The number of fused-ring (bicyclic) bond motifs is 1. The van der Waals surface area contributed by atoms with Crippen LogP contribution in [0.25, 0.3) is 0 Å². The third-order valence-corrected chi connectivity index (χ3v) is 5.12. The lowest BCUT2D eigenvalue weighted by Gasteiger charge is -2.29. The lowest BCUT2D eigenvalue weighted by Crippen LogP contribution is -2.45. The zero-order chi connectivity index (χ0) is 17.9. The number of carbonyl (C=O) groups excluding carboxylic acids is 1. The van der Waals surface area contributed by atoms with Crippen molar-refractivity contribution in [2.75, 3.05) is 10.8 Å². The Labute approximate surface area is 159 Å². The maximum Gasteiger partial charge on any atom is 0.252 e. The van der Waals surface area contributed by atoms with E-state index in [2.05, 4.69) is 10.2 Å². The van der Waals surface area contributed by atoms with E-state index in [0.29, 0.717) is 34.1 Å². The minimum absolute atomic E-state index is 0.00477. The van der Waals surface area contributed by atoms with Gasteiger partial charge in [-0.3, -0.25) is 4.79 Å². The second-order valence-corrected chi connectivity index (χ2v) is 7.01. The summed E-state index contributed by atoms with van der Waals surface area (Å²) in [7, 11) is 0. The first-order valence-electron chi connectivity index (χ1n) is 8.01. The van der Waals surface area contributed by atoms with Crippen molar-refractivity contribution in [3.05, 3.63) is 71.0 Å². The average Bonchev–Trinajstić information content (AvgIpc) is 3.08. The van der Waals surface area contributed by atoms with E-state index >= 15 is 0 Å². The highest BCUT2D eigenvalue weighted by molar-refractivity contribution is 7.99. The largest absolute Gasteiger partial charge is 0.484 e. The first kappa shape index (κ1) is 16.9. The molecular formula is C18H15ClN4O2S. The number of halogens is 1. The molecule has 8 heteroatoms. The van der Waals surface area contributed by atoms with E-state index in [1.807, 2.05) is 42.5 Å². The summed E-state index contributed by atoms with van der Waals surface area (Å²) in [5.74, 6) is 1.47. The topological polar surface area (TPSA) is 60.2 Å². The van der Waals surface area contributed by atoms with Gasteiger partial charge in [-0.25, -0.2) is 9.69 Å². The number of hydrogen-bond donors (Lipinski definition) is 0. The number of amides is 1. The smallest absolute Gasteiger partial charge is 0.252 e. The van der Waals surface area contributed by atoms with Gasteiger partial charge in [0.1, 0.15) is 12.4 Å². The van der Waals surface area contributed by atoms with Gasteiger partial charge in [-0.1, -0.05) is 65.8 Å². The zero-order valence-corrected chi connectivity index (χ0v) is 15.3. The molecule has 26 heavy (non-hydrogen) atoms. The number of hydrogen-bond acceptors (Lipinski definition) is 5. The maximum atomic E-state index is 12.5. The molecule has 0 N–H and O–H groups in total. The van der Waals surface area contributed by atoms with E-state index in [1.165, 1.54) is 11.8 Å². The van der Waals surface area contributed by atoms with Gasteiger partial charge in [0, 0.05) is 0 Å². The summed E-state index contributed by atoms with van der Waals surface area (Å²) >= 11 is 7.50. The molecule has 2 heterocycles. The van der Waals surface area contributed by atoms with E-state index in [9.17, 15) is 4.79 Å². The predicted molar refractivity (Wildman–Crippen MR) is 99.9 cm³/mol. The number of carbonyl (C=O) groups is 1. The number of para-hydroxylation sites is 1. The van der Waals surface area contributed by atoms with Crippen LogP contribution in [0.3, 0.4) is 0 Å². The molecule has 1 aliphatic rings. The summed E-state index contributed by atoms with van der Waals surface area (Å²) in [6.07, 6.45) is 0. The minimum Gasteiger partial charge on any atom is -0.484 e. The van der Waals surface area contributed by atoms with Gasteiger partial charge in [0.25, 0.3) is 5.91 Å². The Morgan fingerprint density at radius 2 is 1.85 bits per heavy atom. The van der Waals surface area contributed by atoms with Crippen LogP contribution in [0.5, 0.6) is 5.75 Å². The standard InChI is InChI=1S/C18H15ClN4O2S/c19-14-8-4-5-9-15(14)25-11-16-20-21-18-23(16)22(17(24)12-26-18)10-13-6-2-1-3-7-13/h1-9H,10-12H2. The van der Waals surface area contributed by atoms with Gasteiger partial charge in [-0.2, -0.15) is 0 Å². The number of ether oxygens (including phenoxy) is 1. The lowest BCUT2D eigenvalue weighted by molar-refractivity contribution is -0.118. The minimum atomic E-state index is 0.00477. The molecule has 0 radical (unpaired) electrons. The molecule has 0 aliphatic carbocycles. The Bertz CT molecular complexity index is 932. The van der Waals surface area contributed by atoms with Gasteiger partial charge in [0.05, 0.1) is 17.3 Å². The highest BCUT2D eigenvalue weighted by Crippen LogP contribution is 2.27. The molecule has 0 atom stereocenters. The van der Waals surface area contributed by atoms with Gasteiger partial charge in [-0.05, 0) is 17.7 Å². The van der Waals surface area contributed by atoms with E-state index in [-0.39, 0.29) is 12.5 Å². The fourth-order valence-electron chi connectivity index (χ4n) is 2.65. The van der Waals surface area contributed by atoms with Crippen LogP contribution in [-0.2, 0) is 17.9 Å². The SMILES string of the molecule is O=C1CSc2nnc(COc3ccccc3Cl)n2N1Cc1ccccc1. The molecule has 6 nitrogen and oxygen atoms in total. The molecule has 1 amide bonds. The monoisotopic (exact) mass is 386 g/mol. The molecule has 132 valence electrons. The zero-order valence-electron chi connectivity index (χ0n) is 13.7. The highest BCUT2D eigenvalue weighted by atomic mass is 35.5. The van der Waals surface area contributed by atoms with Crippen LogP contribution in [0.2, 0.25) is 5.02 Å². The molecular weight excluding hydrogens is 372 g/mol. The van der Waals surface area contributed by atoms with Crippen LogP contribution in [0, 0.1) is 0 Å². The van der Waals surface area contributed by atoms with E-state index < -0.39 is 0 Å². The summed E-state index contributed by atoms with van der Waals surface area (Å²) in [4.78, 5) is 12.5. The molecule has 1 aromatic heterocycles. The molecule has 4 rings (SSSR count). The Kier molecular flexibility index (Phi) is 4.81. The summed E-state index contributed by atoms with van der Waals surface area (Å²) in [6.45, 7) is 0.611. The van der Waals surface area contributed by atoms with Crippen molar-refractivity contribution in [3.63, 3.8) is 0 Å². The Morgan fingerprint density at radius 3 is 2.65 bits per heavy atom. The van der Waals surface area contributed by atoms with Crippen LogP contribution in [0.4, 0.5) is 0 Å². The second-order valence-electron chi connectivity index (χ2n) is 5.66. The summed E-state index contributed by atoms with van der Waals surface area (Å²) < 4.78 is 7.51. The van der Waals surface area contributed by atoms with Crippen LogP contribution >= 0.6 is 23.4 Å². The Balaban J connectivity index is 1.60. The van der Waals surface area contributed by atoms with Gasteiger partial charge in [-0.15, -0.1) is 10.2 Å². The van der Waals surface area contributed by atoms with Crippen molar-refractivity contribution in [2.45, 2.75) is 18.3 Å². The maximum absolute atomic E-state index is 12.5. The molecule has 0 spiro atoms. The number of nitrogens with zero attached hydrogens (tertiary/aromatic N) is 4. The molecule has 2 aromatic carbocycles. The molecule has 1 aliphatic heterocycles. The lowest BCUT2D eigenvalue weighted by atomic mass is 10.2. The van der Waals surface area contributed by atoms with Crippen molar-refractivity contribution < 1.29 is 9.53 Å². The number of benzene rings is 2. The van der Waals surface area contributed by atoms with E-state index in [1.54, 1.807) is 21.8 Å².